The highest BCUT2D eigenvalue weighted by Crippen LogP contribution is 2.51. The molecule has 9 aromatic rings. The van der Waals surface area contributed by atoms with Gasteiger partial charge in [-0.3, -0.25) is 0 Å². The minimum Gasteiger partial charge on any atom is -0.456 e. The van der Waals surface area contributed by atoms with Crippen LogP contribution < -0.4 is 13.5 Å². The first kappa shape index (κ1) is 24.2. The Morgan fingerprint density at radius 1 is 0.478 bits per heavy atom. The van der Waals surface area contributed by atoms with Crippen molar-refractivity contribution in [3.63, 3.8) is 0 Å². The Balaban J connectivity index is 1.48. The third kappa shape index (κ3) is 2.79. The zero-order valence-corrected chi connectivity index (χ0v) is 24.8. The maximum Gasteiger partial charge on any atom is 0.342 e. The summed E-state index contributed by atoms with van der Waals surface area (Å²) in [6.45, 7) is 0. The van der Waals surface area contributed by atoms with Crippen LogP contribution in [-0.2, 0) is 5.54 Å². The van der Waals surface area contributed by atoms with Crippen molar-refractivity contribution in [3.05, 3.63) is 175 Å². The van der Waals surface area contributed by atoms with Crippen molar-refractivity contribution in [3.8, 4) is 28.2 Å². The van der Waals surface area contributed by atoms with Gasteiger partial charge < -0.3 is 4.42 Å². The van der Waals surface area contributed by atoms with Gasteiger partial charge in [-0.1, -0.05) is 54.6 Å². The van der Waals surface area contributed by atoms with Gasteiger partial charge in [-0.05, 0) is 48.5 Å². The van der Waals surface area contributed by atoms with Crippen LogP contribution in [0.15, 0.2) is 163 Å². The molecule has 4 heteroatoms. The van der Waals surface area contributed by atoms with Gasteiger partial charge in [-0.15, -0.1) is 0 Å². The zero-order valence-electron chi connectivity index (χ0n) is 24.8. The molecule has 1 atom stereocenters. The quantitative estimate of drug-likeness (QED) is 0.131. The van der Waals surface area contributed by atoms with Gasteiger partial charge in [0.15, 0.2) is 18.6 Å². The normalized spacial score (nSPS) is 15.9. The van der Waals surface area contributed by atoms with Crippen LogP contribution in [0.3, 0.4) is 0 Å². The van der Waals surface area contributed by atoms with Crippen LogP contribution in [0.1, 0.15) is 16.8 Å². The second-order valence-corrected chi connectivity index (χ2v) is 12.4. The van der Waals surface area contributed by atoms with E-state index in [0.717, 1.165) is 44.2 Å². The van der Waals surface area contributed by atoms with Gasteiger partial charge >= 0.3 is 11.2 Å². The van der Waals surface area contributed by atoms with E-state index in [-0.39, 0.29) is 0 Å². The van der Waals surface area contributed by atoms with E-state index < -0.39 is 5.54 Å². The molecule has 4 nitrogen and oxygen atoms in total. The molecule has 0 bridgehead atoms. The maximum absolute atomic E-state index is 6.46. The monoisotopic (exact) mass is 588 g/mol. The Morgan fingerprint density at radius 3 is 2.02 bits per heavy atom. The van der Waals surface area contributed by atoms with E-state index in [4.69, 9.17) is 4.42 Å². The lowest BCUT2D eigenvalue weighted by Crippen LogP contribution is -2.61. The molecule has 0 saturated carbocycles. The average molecular weight is 589 g/mol. The van der Waals surface area contributed by atoms with Crippen LogP contribution in [0.2, 0.25) is 0 Å². The Labute approximate surface area is 264 Å². The second kappa shape index (κ2) is 8.52. The van der Waals surface area contributed by atoms with Crippen LogP contribution in [0.25, 0.3) is 66.4 Å². The predicted molar refractivity (Wildman–Crippen MR) is 179 cm³/mol. The minimum absolute atomic E-state index is 0.670. The van der Waals surface area contributed by atoms with Crippen molar-refractivity contribution < 1.29 is 18.0 Å². The average Bonchev–Trinajstić information content (AvgIpc) is 3.60. The summed E-state index contributed by atoms with van der Waals surface area (Å²) in [5, 5.41) is 4.59. The molecule has 11 rings (SSSR count). The number of rotatable bonds is 0. The fraction of sp³-hybridized carbons (Fsp3) is 0.0238. The lowest BCUT2D eigenvalue weighted by Gasteiger charge is -2.24. The Kier molecular flexibility index (Phi) is 4.49. The Bertz CT molecular complexity index is 2730. The van der Waals surface area contributed by atoms with Crippen LogP contribution in [-0.4, -0.2) is 0 Å². The highest BCUT2D eigenvalue weighted by atomic mass is 16.3. The van der Waals surface area contributed by atoms with Gasteiger partial charge in [-0.2, -0.15) is 13.5 Å². The molecule has 1 spiro atoms. The molecule has 0 fully saturated rings. The van der Waals surface area contributed by atoms with Gasteiger partial charge in [0, 0.05) is 47.2 Å². The number of hydrogen-bond acceptors (Lipinski definition) is 1. The fourth-order valence-corrected chi connectivity index (χ4v) is 8.50. The Morgan fingerprint density at radius 2 is 1.15 bits per heavy atom. The molecule has 0 N–H and O–H groups in total. The lowest BCUT2D eigenvalue weighted by molar-refractivity contribution is -0.738. The van der Waals surface area contributed by atoms with Gasteiger partial charge in [0.1, 0.15) is 11.2 Å². The van der Waals surface area contributed by atoms with E-state index in [1.54, 1.807) is 0 Å². The van der Waals surface area contributed by atoms with Crippen LogP contribution in [0.4, 0.5) is 0 Å². The summed E-state index contributed by atoms with van der Waals surface area (Å²) >= 11 is 0. The van der Waals surface area contributed by atoms with Gasteiger partial charge in [-0.25, -0.2) is 0 Å². The molecule has 2 aliphatic heterocycles. The van der Waals surface area contributed by atoms with Gasteiger partial charge in [0.05, 0.1) is 33.0 Å². The third-order valence-electron chi connectivity index (χ3n) is 10.2. The number of benzene rings is 4. The highest BCUT2D eigenvalue weighted by Gasteiger charge is 2.65. The van der Waals surface area contributed by atoms with Crippen molar-refractivity contribution in [1.29, 1.82) is 0 Å². The predicted octanol–water partition coefficient (Wildman–Crippen LogP) is 7.84. The smallest absolute Gasteiger partial charge is 0.342 e. The van der Waals surface area contributed by atoms with E-state index in [2.05, 4.69) is 166 Å². The molecule has 0 radical (unpaired) electrons. The molecule has 212 valence electrons. The highest BCUT2D eigenvalue weighted by molar-refractivity contribution is 6.13. The summed E-state index contributed by atoms with van der Waals surface area (Å²) in [6, 6.07) is 50.6. The molecule has 2 aliphatic rings. The molecular weight excluding hydrogens is 562 g/mol. The number of furan rings is 1. The molecule has 1 unspecified atom stereocenters. The first-order valence-electron chi connectivity index (χ1n) is 15.8. The number of hydrogen-bond donors (Lipinski definition) is 0. The van der Waals surface area contributed by atoms with Crippen molar-refractivity contribution in [2.24, 2.45) is 0 Å². The summed E-state index contributed by atoms with van der Waals surface area (Å²) in [4.78, 5) is 0. The molecule has 7 heterocycles. The van der Waals surface area contributed by atoms with E-state index in [1.165, 1.54) is 39.0 Å². The summed E-state index contributed by atoms with van der Waals surface area (Å²) in [7, 11) is 0. The number of fused-ring (bicyclic) bond motifs is 20. The Hall–Kier alpha value is -6.13. The van der Waals surface area contributed by atoms with E-state index >= 15 is 0 Å². The number of para-hydroxylation sites is 1. The molecule has 0 aliphatic carbocycles. The largest absolute Gasteiger partial charge is 0.456 e. The zero-order chi connectivity index (χ0) is 30.0. The summed E-state index contributed by atoms with van der Waals surface area (Å²) in [5.74, 6) is 0. The molecule has 46 heavy (non-hydrogen) atoms. The summed E-state index contributed by atoms with van der Waals surface area (Å²) in [6.07, 6.45) is 6.73. The van der Waals surface area contributed by atoms with E-state index in [0.29, 0.717) is 0 Å². The SMILES string of the molecule is c1ccc2c(c1)-c1cccc[n+]1-c1c([n+]3ccccc3c3cc4oc5ccccc5c4cc13)C21c2ccccc2-c2cccc[n+]21. The van der Waals surface area contributed by atoms with Gasteiger partial charge in [0.2, 0.25) is 16.9 Å². The second-order valence-electron chi connectivity index (χ2n) is 12.4. The van der Waals surface area contributed by atoms with Crippen molar-refractivity contribution >= 4 is 38.2 Å². The van der Waals surface area contributed by atoms with E-state index in [1.807, 2.05) is 6.07 Å². The van der Waals surface area contributed by atoms with Crippen molar-refractivity contribution in [2.75, 3.05) is 0 Å². The number of aromatic nitrogens is 3. The molecule has 0 saturated heterocycles. The maximum atomic E-state index is 6.46. The molecule has 4 aromatic carbocycles. The number of pyridine rings is 4. The molecule has 5 aromatic heterocycles. The van der Waals surface area contributed by atoms with Crippen LogP contribution in [0, 0.1) is 0 Å². The fourth-order valence-electron chi connectivity index (χ4n) is 8.50. The van der Waals surface area contributed by atoms with Gasteiger partial charge in [0.25, 0.3) is 5.69 Å². The first-order valence-corrected chi connectivity index (χ1v) is 15.8. The lowest BCUT2D eigenvalue weighted by atomic mass is 9.76. The van der Waals surface area contributed by atoms with Crippen LogP contribution >= 0.6 is 0 Å². The van der Waals surface area contributed by atoms with Crippen LogP contribution in [0.5, 0.6) is 0 Å². The summed E-state index contributed by atoms with van der Waals surface area (Å²) in [5.41, 5.74) is 12.0. The molecule has 0 amide bonds. The van der Waals surface area contributed by atoms with E-state index in [9.17, 15) is 0 Å². The topological polar surface area (TPSA) is 25.0 Å². The molecular formula is C42H26N3O+3. The first-order chi connectivity index (χ1) is 22.8. The van der Waals surface area contributed by atoms with Crippen molar-refractivity contribution in [2.45, 2.75) is 5.54 Å². The minimum atomic E-state index is -0.670. The summed E-state index contributed by atoms with van der Waals surface area (Å²) < 4.78 is 13.8. The van der Waals surface area contributed by atoms with Crippen molar-refractivity contribution in [1.82, 2.24) is 0 Å². The number of nitrogens with zero attached hydrogens (tertiary/aromatic N) is 3. The standard InChI is InChI=1S/C42H26N3O/c1-4-16-33-28(14-1)35-18-7-10-22-43(35)40-32-25-31-27-13-3-6-21-38(27)46-39(31)26-30(32)36-19-8-11-23-44(36)41(40)42(33)34-17-5-2-15-29(34)37-20-9-12-24-45(37)42/h1-26H/q+3. The third-order valence-corrected chi connectivity index (χ3v) is 10.2.